The van der Waals surface area contributed by atoms with E-state index >= 15 is 0 Å². The minimum Gasteiger partial charge on any atom is -0.285 e. The first kappa shape index (κ1) is 17.5. The van der Waals surface area contributed by atoms with E-state index in [1.54, 1.807) is 27.1 Å². The highest BCUT2D eigenvalue weighted by Crippen LogP contribution is 2.20. The van der Waals surface area contributed by atoms with Gasteiger partial charge in [0.15, 0.2) is 0 Å². The third kappa shape index (κ3) is 6.14. The maximum absolute atomic E-state index is 10.9. The van der Waals surface area contributed by atoms with E-state index < -0.39 is 0 Å². The van der Waals surface area contributed by atoms with Crippen molar-refractivity contribution in [3.05, 3.63) is 59.0 Å². The number of amides is 1. The highest BCUT2D eigenvalue weighted by molar-refractivity contribution is 8.00. The minimum absolute atomic E-state index is 0.232. The highest BCUT2D eigenvalue weighted by atomic mass is 32.2. The monoisotopic (exact) mass is 320 g/mol. The van der Waals surface area contributed by atoms with Gasteiger partial charge in [0.05, 0.1) is 10.7 Å². The molecule has 0 aliphatic rings. The summed E-state index contributed by atoms with van der Waals surface area (Å²) in [5.74, 6) is 0.232. The van der Waals surface area contributed by atoms with E-state index in [0.717, 1.165) is 22.7 Å². The van der Waals surface area contributed by atoms with Crippen molar-refractivity contribution in [3.8, 4) is 0 Å². The van der Waals surface area contributed by atoms with Crippen LogP contribution in [0.2, 0.25) is 0 Å². The standard InChI is InChI=1S/C16H20N2OS2/c1-5-7-15(16-11-20-14(4)17-16)9-8-13(3)10-18(12-19)21-6-2/h5-9,11-13H,1-2,10H2,3-4H3/b9-8-,15-7+. The third-order valence-electron chi connectivity index (χ3n) is 2.61. The van der Waals surface area contributed by atoms with Gasteiger partial charge in [0, 0.05) is 17.5 Å². The summed E-state index contributed by atoms with van der Waals surface area (Å²) in [6.07, 6.45) is 8.62. The summed E-state index contributed by atoms with van der Waals surface area (Å²) in [6, 6.07) is 0. The molecule has 1 unspecified atom stereocenters. The normalized spacial score (nSPS) is 13.1. The summed E-state index contributed by atoms with van der Waals surface area (Å²) < 4.78 is 1.62. The maximum Gasteiger partial charge on any atom is 0.219 e. The molecule has 112 valence electrons. The largest absolute Gasteiger partial charge is 0.285 e. The smallest absolute Gasteiger partial charge is 0.219 e. The number of aryl methyl sites for hydroxylation is 1. The van der Waals surface area contributed by atoms with Gasteiger partial charge in [-0.2, -0.15) is 0 Å². The van der Waals surface area contributed by atoms with Gasteiger partial charge in [0.2, 0.25) is 6.41 Å². The number of aromatic nitrogens is 1. The minimum atomic E-state index is 0.232. The van der Waals surface area contributed by atoms with E-state index in [2.05, 4.69) is 31.1 Å². The number of carbonyl (C=O) groups excluding carboxylic acids is 1. The first-order chi connectivity index (χ1) is 10.1. The van der Waals surface area contributed by atoms with Crippen LogP contribution in [0.4, 0.5) is 0 Å². The average molecular weight is 320 g/mol. The molecule has 1 rings (SSSR count). The van der Waals surface area contributed by atoms with Crippen LogP contribution in [0.15, 0.2) is 48.3 Å². The molecule has 0 saturated heterocycles. The summed E-state index contributed by atoms with van der Waals surface area (Å²) >= 11 is 2.93. The first-order valence-electron chi connectivity index (χ1n) is 6.53. The zero-order valence-electron chi connectivity index (χ0n) is 12.4. The van der Waals surface area contributed by atoms with E-state index in [9.17, 15) is 4.79 Å². The quantitative estimate of drug-likeness (QED) is 0.382. The van der Waals surface area contributed by atoms with Crippen LogP contribution in [0.5, 0.6) is 0 Å². The van der Waals surface area contributed by atoms with Crippen molar-refractivity contribution < 1.29 is 4.79 Å². The molecular formula is C16H20N2OS2. The molecule has 0 fully saturated rings. The summed E-state index contributed by atoms with van der Waals surface area (Å²) in [5.41, 5.74) is 1.98. The zero-order chi connectivity index (χ0) is 15.7. The van der Waals surface area contributed by atoms with Gasteiger partial charge < -0.3 is 0 Å². The van der Waals surface area contributed by atoms with E-state index in [0.29, 0.717) is 6.54 Å². The Morgan fingerprint density at radius 3 is 2.86 bits per heavy atom. The van der Waals surface area contributed by atoms with Crippen LogP contribution in [0.3, 0.4) is 0 Å². The van der Waals surface area contributed by atoms with Crippen molar-refractivity contribution in [1.82, 2.24) is 9.29 Å². The third-order valence-corrected chi connectivity index (χ3v) is 4.04. The predicted octanol–water partition coefficient (Wildman–Crippen LogP) is 4.46. The van der Waals surface area contributed by atoms with Crippen molar-refractivity contribution in [1.29, 1.82) is 0 Å². The second-order valence-electron chi connectivity index (χ2n) is 4.42. The Morgan fingerprint density at radius 1 is 1.57 bits per heavy atom. The summed E-state index contributed by atoms with van der Waals surface area (Å²) in [4.78, 5) is 15.4. The van der Waals surface area contributed by atoms with Gasteiger partial charge in [-0.3, -0.25) is 9.10 Å². The fourth-order valence-corrected chi connectivity index (χ4v) is 2.85. The van der Waals surface area contributed by atoms with E-state index in [-0.39, 0.29) is 5.92 Å². The number of nitrogens with zero attached hydrogens (tertiary/aromatic N) is 2. The molecule has 0 aliphatic heterocycles. The second kappa shape index (κ2) is 9.37. The van der Waals surface area contributed by atoms with Gasteiger partial charge in [-0.1, -0.05) is 44.4 Å². The van der Waals surface area contributed by atoms with Gasteiger partial charge in [0.25, 0.3) is 0 Å². The Labute approximate surface area is 134 Å². The second-order valence-corrected chi connectivity index (χ2v) is 6.50. The molecule has 1 aromatic rings. The number of hydrogen-bond donors (Lipinski definition) is 0. The molecule has 1 aromatic heterocycles. The van der Waals surface area contributed by atoms with Crippen LogP contribution in [-0.4, -0.2) is 22.2 Å². The molecule has 21 heavy (non-hydrogen) atoms. The Hall–Kier alpha value is -1.59. The van der Waals surface area contributed by atoms with Crippen LogP contribution in [0, 0.1) is 12.8 Å². The fraction of sp³-hybridized carbons (Fsp3) is 0.250. The van der Waals surface area contributed by atoms with E-state index in [1.165, 1.54) is 11.9 Å². The SMILES string of the molecule is C=C/C=C(\C=C/C(C)CN(C=O)SC=C)c1csc(C)n1. The van der Waals surface area contributed by atoms with Gasteiger partial charge in [-0.25, -0.2) is 4.98 Å². The zero-order valence-corrected chi connectivity index (χ0v) is 14.0. The topological polar surface area (TPSA) is 33.2 Å². The molecule has 1 heterocycles. The molecule has 0 spiro atoms. The van der Waals surface area contributed by atoms with E-state index in [1.807, 2.05) is 24.5 Å². The summed E-state index contributed by atoms with van der Waals surface area (Å²) in [6.45, 7) is 12.0. The average Bonchev–Trinajstić information content (AvgIpc) is 2.89. The summed E-state index contributed by atoms with van der Waals surface area (Å²) in [5, 5.41) is 4.72. The number of thiazole rings is 1. The van der Waals surface area contributed by atoms with Crippen LogP contribution in [0.25, 0.3) is 5.57 Å². The molecule has 0 saturated carbocycles. The summed E-state index contributed by atoms with van der Waals surface area (Å²) in [7, 11) is 0. The lowest BCUT2D eigenvalue weighted by Gasteiger charge is -2.16. The maximum atomic E-state index is 10.9. The Kier molecular flexibility index (Phi) is 7.79. The van der Waals surface area contributed by atoms with E-state index in [4.69, 9.17) is 0 Å². The van der Waals surface area contributed by atoms with Crippen molar-refractivity contribution in [2.75, 3.05) is 6.54 Å². The molecule has 0 bridgehead atoms. The van der Waals surface area contributed by atoms with Crippen LogP contribution in [-0.2, 0) is 4.79 Å². The number of allylic oxidation sites excluding steroid dienone is 4. The molecule has 3 nitrogen and oxygen atoms in total. The Morgan fingerprint density at radius 2 is 2.33 bits per heavy atom. The molecule has 0 aliphatic carbocycles. The molecule has 0 N–H and O–H groups in total. The number of carbonyl (C=O) groups is 1. The molecule has 0 aromatic carbocycles. The van der Waals surface area contributed by atoms with Gasteiger partial charge in [0.1, 0.15) is 0 Å². The fourth-order valence-electron chi connectivity index (χ4n) is 1.67. The van der Waals surface area contributed by atoms with Crippen molar-refractivity contribution in [3.63, 3.8) is 0 Å². The van der Waals surface area contributed by atoms with Crippen LogP contribution < -0.4 is 0 Å². The van der Waals surface area contributed by atoms with Gasteiger partial charge >= 0.3 is 0 Å². The van der Waals surface area contributed by atoms with Crippen LogP contribution >= 0.6 is 23.3 Å². The number of rotatable bonds is 9. The highest BCUT2D eigenvalue weighted by Gasteiger charge is 2.06. The van der Waals surface area contributed by atoms with Gasteiger partial charge in [-0.05, 0) is 30.2 Å². The predicted molar refractivity (Wildman–Crippen MR) is 93.9 cm³/mol. The number of hydrogen-bond acceptors (Lipinski definition) is 4. The van der Waals surface area contributed by atoms with Gasteiger partial charge in [-0.15, -0.1) is 11.3 Å². The molecule has 5 heteroatoms. The lowest BCUT2D eigenvalue weighted by Crippen LogP contribution is -2.18. The molecule has 0 radical (unpaired) electrons. The molecule has 1 atom stereocenters. The van der Waals surface area contributed by atoms with Crippen LogP contribution in [0.1, 0.15) is 17.6 Å². The van der Waals surface area contributed by atoms with Crippen molar-refractivity contribution in [2.45, 2.75) is 13.8 Å². The molecular weight excluding hydrogens is 300 g/mol. The molecule has 1 amide bonds. The lowest BCUT2D eigenvalue weighted by molar-refractivity contribution is -0.113. The van der Waals surface area contributed by atoms with Crippen molar-refractivity contribution in [2.24, 2.45) is 5.92 Å². The first-order valence-corrected chi connectivity index (χ1v) is 8.25. The lowest BCUT2D eigenvalue weighted by atomic mass is 10.1. The van der Waals surface area contributed by atoms with Crippen molar-refractivity contribution >= 4 is 35.3 Å². The Bertz CT molecular complexity index is 546. The Balaban J connectivity index is 2.74.